The van der Waals surface area contributed by atoms with Crippen molar-refractivity contribution in [3.05, 3.63) is 35.4 Å². The highest BCUT2D eigenvalue weighted by atomic mass is 16.2. The van der Waals surface area contributed by atoms with Gasteiger partial charge in [-0.05, 0) is 43.5 Å². The third kappa shape index (κ3) is 2.18. The molecule has 2 amide bonds. The molecule has 4 nitrogen and oxygen atoms in total. The fourth-order valence-electron chi connectivity index (χ4n) is 3.68. The highest BCUT2D eigenvalue weighted by Crippen LogP contribution is 2.49. The number of hydrogen-bond acceptors (Lipinski definition) is 2. The van der Waals surface area contributed by atoms with Crippen LogP contribution in [0.2, 0.25) is 0 Å². The van der Waals surface area contributed by atoms with E-state index >= 15 is 0 Å². The van der Waals surface area contributed by atoms with Crippen LogP contribution in [-0.4, -0.2) is 38.1 Å². The molecule has 0 unspecified atom stereocenters. The summed E-state index contributed by atoms with van der Waals surface area (Å²) >= 11 is 0. The molecule has 1 aliphatic heterocycles. The fraction of sp³-hybridized carbons (Fsp3) is 0.562. The van der Waals surface area contributed by atoms with Crippen LogP contribution in [-0.2, 0) is 5.41 Å². The molecule has 2 N–H and O–H groups in total. The number of hydrogen-bond donors (Lipinski definition) is 2. The van der Waals surface area contributed by atoms with Crippen molar-refractivity contribution in [2.24, 2.45) is 0 Å². The minimum atomic E-state index is -0.00390. The average Bonchev–Trinajstić information content (AvgIpc) is 2.74. The Morgan fingerprint density at radius 3 is 2.70 bits per heavy atom. The Labute approximate surface area is 120 Å². The summed E-state index contributed by atoms with van der Waals surface area (Å²) in [4.78, 5) is 13.6. The maximum atomic E-state index is 12.0. The summed E-state index contributed by atoms with van der Waals surface area (Å²) < 4.78 is 0. The Kier molecular flexibility index (Phi) is 3.42. The van der Waals surface area contributed by atoms with Gasteiger partial charge in [0.1, 0.15) is 0 Å². The zero-order valence-electron chi connectivity index (χ0n) is 12.3. The number of rotatable bonds is 1. The van der Waals surface area contributed by atoms with Gasteiger partial charge in [0.2, 0.25) is 0 Å². The van der Waals surface area contributed by atoms with E-state index in [1.807, 2.05) is 0 Å². The first kappa shape index (κ1) is 13.4. The van der Waals surface area contributed by atoms with E-state index in [9.17, 15) is 4.79 Å². The second-order valence-electron chi connectivity index (χ2n) is 6.22. The number of nitrogens with zero attached hydrogens (tertiary/aromatic N) is 1. The number of nitrogens with one attached hydrogen (secondary N) is 2. The van der Waals surface area contributed by atoms with Gasteiger partial charge in [-0.1, -0.05) is 24.3 Å². The van der Waals surface area contributed by atoms with Crippen molar-refractivity contribution in [3.8, 4) is 0 Å². The molecule has 1 aromatic rings. The number of fused-ring (bicyclic) bond motifs is 2. The van der Waals surface area contributed by atoms with E-state index in [0.29, 0.717) is 0 Å². The van der Waals surface area contributed by atoms with Crippen LogP contribution in [0, 0.1) is 0 Å². The molecular weight excluding hydrogens is 250 g/mol. The Morgan fingerprint density at radius 2 is 2.00 bits per heavy atom. The molecule has 1 fully saturated rings. The van der Waals surface area contributed by atoms with Gasteiger partial charge in [0.15, 0.2) is 0 Å². The average molecular weight is 273 g/mol. The molecule has 0 radical (unpaired) electrons. The minimum Gasteiger partial charge on any atom is -0.331 e. The minimum absolute atomic E-state index is 0.00390. The van der Waals surface area contributed by atoms with E-state index < -0.39 is 0 Å². The Hall–Kier alpha value is -1.55. The van der Waals surface area contributed by atoms with E-state index in [2.05, 4.69) is 34.9 Å². The highest BCUT2D eigenvalue weighted by molar-refractivity contribution is 5.74. The second kappa shape index (κ2) is 5.09. The summed E-state index contributed by atoms with van der Waals surface area (Å²) in [5.41, 5.74) is 3.02. The molecule has 20 heavy (non-hydrogen) atoms. The molecular formula is C16H23N3O. The molecule has 1 heterocycles. The van der Waals surface area contributed by atoms with Crippen LogP contribution in [0.4, 0.5) is 4.79 Å². The van der Waals surface area contributed by atoms with Crippen molar-refractivity contribution < 1.29 is 4.79 Å². The zero-order valence-corrected chi connectivity index (χ0v) is 12.3. The van der Waals surface area contributed by atoms with Crippen molar-refractivity contribution in [1.29, 1.82) is 0 Å². The Morgan fingerprint density at radius 1 is 1.30 bits per heavy atom. The predicted molar refractivity (Wildman–Crippen MR) is 79.8 cm³/mol. The third-order valence-electron chi connectivity index (χ3n) is 4.77. The predicted octanol–water partition coefficient (Wildman–Crippen LogP) is 2.02. The molecule has 108 valence electrons. The summed E-state index contributed by atoms with van der Waals surface area (Å²) in [6, 6.07) is 8.77. The Balaban J connectivity index is 1.90. The van der Waals surface area contributed by atoms with Crippen LogP contribution < -0.4 is 10.6 Å². The summed E-state index contributed by atoms with van der Waals surface area (Å²) in [5, 5.41) is 6.62. The molecule has 4 heteroatoms. The monoisotopic (exact) mass is 273 g/mol. The molecule has 0 aromatic heterocycles. The quantitative estimate of drug-likeness (QED) is 0.822. The molecule has 0 saturated carbocycles. The van der Waals surface area contributed by atoms with Gasteiger partial charge in [0, 0.05) is 19.5 Å². The topological polar surface area (TPSA) is 44.4 Å². The molecule has 0 bridgehead atoms. The Bertz CT molecular complexity index is 506. The molecule has 1 atom stereocenters. The van der Waals surface area contributed by atoms with Crippen LogP contribution >= 0.6 is 0 Å². The van der Waals surface area contributed by atoms with Crippen molar-refractivity contribution in [3.63, 3.8) is 0 Å². The van der Waals surface area contributed by atoms with Crippen molar-refractivity contribution in [2.45, 2.75) is 30.7 Å². The zero-order chi connectivity index (χ0) is 14.2. The van der Waals surface area contributed by atoms with Gasteiger partial charge in [-0.15, -0.1) is 0 Å². The van der Waals surface area contributed by atoms with Gasteiger partial charge in [-0.2, -0.15) is 0 Å². The number of carbonyl (C=O) groups excluding carboxylic acids is 1. The smallest absolute Gasteiger partial charge is 0.317 e. The molecule has 1 saturated heterocycles. The molecule has 1 aromatic carbocycles. The number of piperidine rings is 1. The number of amides is 2. The summed E-state index contributed by atoms with van der Waals surface area (Å²) in [5.74, 6) is 0. The van der Waals surface area contributed by atoms with Gasteiger partial charge in [0.05, 0.1) is 6.04 Å². The van der Waals surface area contributed by atoms with E-state index in [0.717, 1.165) is 19.5 Å². The normalized spacial score (nSPS) is 23.4. The van der Waals surface area contributed by atoms with Gasteiger partial charge in [-0.3, -0.25) is 0 Å². The lowest BCUT2D eigenvalue weighted by molar-refractivity contribution is 0.209. The van der Waals surface area contributed by atoms with Crippen LogP contribution in [0.5, 0.6) is 0 Å². The van der Waals surface area contributed by atoms with Gasteiger partial charge in [0.25, 0.3) is 0 Å². The first-order valence-electron chi connectivity index (χ1n) is 7.40. The number of carbonyl (C=O) groups is 1. The molecule has 1 spiro atoms. The maximum absolute atomic E-state index is 12.0. The summed E-state index contributed by atoms with van der Waals surface area (Å²) in [6.07, 6.45) is 3.37. The lowest BCUT2D eigenvalue weighted by Gasteiger charge is -2.35. The molecule has 2 aliphatic rings. The number of urea groups is 1. The maximum Gasteiger partial charge on any atom is 0.317 e. The van der Waals surface area contributed by atoms with E-state index in [-0.39, 0.29) is 17.5 Å². The first-order chi connectivity index (χ1) is 9.62. The lowest BCUT2D eigenvalue weighted by Crippen LogP contribution is -2.40. The number of benzene rings is 1. The first-order valence-corrected chi connectivity index (χ1v) is 7.40. The standard InChI is InChI=1S/C16H23N3O/c1-19(2)15(20)18-14-11-16(7-9-17-10-8-16)13-6-4-3-5-12(13)14/h3-6,14,17H,7-11H2,1-2H3,(H,18,20)/t14-/m0/s1. The van der Waals surface area contributed by atoms with E-state index in [1.54, 1.807) is 19.0 Å². The van der Waals surface area contributed by atoms with Crippen molar-refractivity contribution >= 4 is 6.03 Å². The van der Waals surface area contributed by atoms with Crippen LogP contribution in [0.25, 0.3) is 0 Å². The largest absolute Gasteiger partial charge is 0.331 e. The van der Waals surface area contributed by atoms with E-state index in [1.165, 1.54) is 24.0 Å². The van der Waals surface area contributed by atoms with E-state index in [4.69, 9.17) is 0 Å². The SMILES string of the molecule is CN(C)C(=O)N[C@H]1CC2(CCNCC2)c2ccccc21. The van der Waals surface area contributed by atoms with Crippen LogP contribution in [0.3, 0.4) is 0 Å². The molecule has 1 aliphatic carbocycles. The lowest BCUT2D eigenvalue weighted by atomic mass is 9.74. The third-order valence-corrected chi connectivity index (χ3v) is 4.77. The molecule has 3 rings (SSSR count). The summed E-state index contributed by atoms with van der Waals surface area (Å²) in [7, 11) is 3.58. The van der Waals surface area contributed by atoms with Crippen LogP contribution in [0.15, 0.2) is 24.3 Å². The van der Waals surface area contributed by atoms with Gasteiger partial charge < -0.3 is 15.5 Å². The summed E-state index contributed by atoms with van der Waals surface area (Å²) in [6.45, 7) is 2.14. The highest BCUT2D eigenvalue weighted by Gasteiger charge is 2.44. The van der Waals surface area contributed by atoms with Crippen molar-refractivity contribution in [2.75, 3.05) is 27.2 Å². The van der Waals surface area contributed by atoms with Gasteiger partial charge >= 0.3 is 6.03 Å². The second-order valence-corrected chi connectivity index (χ2v) is 6.22. The fourth-order valence-corrected chi connectivity index (χ4v) is 3.68. The van der Waals surface area contributed by atoms with Crippen LogP contribution in [0.1, 0.15) is 36.4 Å². The van der Waals surface area contributed by atoms with Gasteiger partial charge in [-0.25, -0.2) is 4.79 Å². The van der Waals surface area contributed by atoms with Crippen molar-refractivity contribution in [1.82, 2.24) is 15.5 Å².